The van der Waals surface area contributed by atoms with Gasteiger partial charge in [-0.3, -0.25) is 9.59 Å². The second-order valence-electron chi connectivity index (χ2n) is 4.93. The van der Waals surface area contributed by atoms with Crippen LogP contribution in [0.5, 0.6) is 0 Å². The second kappa shape index (κ2) is 8.26. The van der Waals surface area contributed by atoms with E-state index in [0.717, 1.165) is 0 Å². The third-order valence-electron chi connectivity index (χ3n) is 2.62. The molecule has 0 aromatic heterocycles. The number of nitrogens with one attached hydrogen (secondary N) is 3. The summed E-state index contributed by atoms with van der Waals surface area (Å²) < 4.78 is 26.2. The van der Waals surface area contributed by atoms with Crippen molar-refractivity contribution >= 4 is 21.8 Å². The maximum atomic E-state index is 12.1. The molecule has 9 heteroatoms. The molecule has 23 heavy (non-hydrogen) atoms. The van der Waals surface area contributed by atoms with E-state index in [0.29, 0.717) is 0 Å². The summed E-state index contributed by atoms with van der Waals surface area (Å²) >= 11 is 0. The number of sulfonamides is 1. The van der Waals surface area contributed by atoms with Crippen molar-refractivity contribution in [2.75, 3.05) is 13.1 Å². The first-order chi connectivity index (χ1) is 10.8. The normalized spacial score (nSPS) is 10.9. The molecule has 0 fully saturated rings. The van der Waals surface area contributed by atoms with Crippen molar-refractivity contribution in [1.82, 2.24) is 15.4 Å². The minimum Gasteiger partial charge on any atom is -0.352 e. The zero-order valence-corrected chi connectivity index (χ0v) is 13.6. The van der Waals surface area contributed by atoms with E-state index in [1.165, 1.54) is 24.3 Å². The molecule has 0 bridgehead atoms. The average molecular weight is 338 g/mol. The Bertz CT molecular complexity index is 723. The van der Waals surface area contributed by atoms with Gasteiger partial charge in [0.25, 0.3) is 0 Å². The molecule has 1 aromatic rings. The van der Waals surface area contributed by atoms with Gasteiger partial charge in [0, 0.05) is 6.04 Å². The first-order valence-electron chi connectivity index (χ1n) is 6.81. The van der Waals surface area contributed by atoms with Crippen LogP contribution in [0.2, 0.25) is 0 Å². The fourth-order valence-corrected chi connectivity index (χ4v) is 2.78. The predicted octanol–water partition coefficient (Wildman–Crippen LogP) is -0.523. The Morgan fingerprint density at radius 1 is 1.17 bits per heavy atom. The van der Waals surface area contributed by atoms with Gasteiger partial charge in [-0.1, -0.05) is 12.1 Å². The van der Waals surface area contributed by atoms with Gasteiger partial charge in [-0.25, -0.2) is 13.1 Å². The summed E-state index contributed by atoms with van der Waals surface area (Å²) in [5.74, 6) is -1.02. The summed E-state index contributed by atoms with van der Waals surface area (Å²) in [6.45, 7) is 2.78. The SMILES string of the molecule is CC(C)NC(=O)CNC(=O)CNS(=O)(=O)c1ccccc1C#N. The van der Waals surface area contributed by atoms with Crippen LogP contribution in [-0.2, 0) is 19.6 Å². The molecule has 2 amide bonds. The molecule has 1 aromatic carbocycles. The van der Waals surface area contributed by atoms with Gasteiger partial charge in [-0.15, -0.1) is 0 Å². The lowest BCUT2D eigenvalue weighted by Crippen LogP contribution is -2.43. The third-order valence-corrected chi connectivity index (χ3v) is 4.07. The van der Waals surface area contributed by atoms with Crippen molar-refractivity contribution < 1.29 is 18.0 Å². The Morgan fingerprint density at radius 2 is 1.83 bits per heavy atom. The van der Waals surface area contributed by atoms with Gasteiger partial charge < -0.3 is 10.6 Å². The maximum Gasteiger partial charge on any atom is 0.242 e. The highest BCUT2D eigenvalue weighted by Gasteiger charge is 2.19. The Hall–Kier alpha value is -2.44. The summed E-state index contributed by atoms with van der Waals surface area (Å²) in [6.07, 6.45) is 0. The monoisotopic (exact) mass is 338 g/mol. The maximum absolute atomic E-state index is 12.1. The van der Waals surface area contributed by atoms with Gasteiger partial charge in [0.05, 0.1) is 23.5 Å². The molecule has 0 saturated carbocycles. The highest BCUT2D eigenvalue weighted by Crippen LogP contribution is 2.13. The van der Waals surface area contributed by atoms with Crippen molar-refractivity contribution in [3.63, 3.8) is 0 Å². The van der Waals surface area contributed by atoms with E-state index in [1.54, 1.807) is 19.9 Å². The van der Waals surface area contributed by atoms with Crippen LogP contribution in [0.25, 0.3) is 0 Å². The number of benzene rings is 1. The van der Waals surface area contributed by atoms with Crippen LogP contribution in [0, 0.1) is 11.3 Å². The predicted molar refractivity (Wildman–Crippen MR) is 82.6 cm³/mol. The van der Waals surface area contributed by atoms with Crippen molar-refractivity contribution in [2.24, 2.45) is 0 Å². The van der Waals surface area contributed by atoms with Crippen LogP contribution >= 0.6 is 0 Å². The third kappa shape index (κ3) is 6.06. The number of nitriles is 1. The molecule has 0 saturated heterocycles. The number of hydrogen-bond donors (Lipinski definition) is 3. The molecular formula is C14H18N4O4S. The van der Waals surface area contributed by atoms with Crippen LogP contribution in [0.3, 0.4) is 0 Å². The lowest BCUT2D eigenvalue weighted by atomic mass is 10.2. The van der Waals surface area contributed by atoms with E-state index < -0.39 is 22.5 Å². The van der Waals surface area contributed by atoms with Crippen LogP contribution in [0.15, 0.2) is 29.2 Å². The molecule has 1 rings (SSSR count). The fraction of sp³-hybridized carbons (Fsp3) is 0.357. The lowest BCUT2D eigenvalue weighted by Gasteiger charge is -2.10. The first kappa shape index (κ1) is 18.6. The van der Waals surface area contributed by atoms with E-state index in [1.807, 2.05) is 0 Å². The van der Waals surface area contributed by atoms with E-state index >= 15 is 0 Å². The minimum atomic E-state index is -3.99. The molecule has 0 unspecified atom stereocenters. The summed E-state index contributed by atoms with van der Waals surface area (Å²) in [7, 11) is -3.99. The number of hydrogen-bond acceptors (Lipinski definition) is 5. The van der Waals surface area contributed by atoms with Crippen LogP contribution in [0.1, 0.15) is 19.4 Å². The molecule has 0 aliphatic rings. The molecule has 0 aliphatic heterocycles. The fourth-order valence-electron chi connectivity index (χ4n) is 1.65. The molecule has 0 aliphatic carbocycles. The van der Waals surface area contributed by atoms with Gasteiger partial charge in [-0.05, 0) is 26.0 Å². The first-order valence-corrected chi connectivity index (χ1v) is 8.29. The largest absolute Gasteiger partial charge is 0.352 e. The van der Waals surface area contributed by atoms with Gasteiger partial charge in [0.15, 0.2) is 0 Å². The average Bonchev–Trinajstić information content (AvgIpc) is 2.50. The molecule has 124 valence electrons. The topological polar surface area (TPSA) is 128 Å². The summed E-state index contributed by atoms with van der Waals surface area (Å²) in [5, 5.41) is 13.8. The van der Waals surface area contributed by atoms with Crippen molar-refractivity contribution in [2.45, 2.75) is 24.8 Å². The van der Waals surface area contributed by atoms with Crippen LogP contribution in [-0.4, -0.2) is 39.4 Å². The Morgan fingerprint density at radius 3 is 2.43 bits per heavy atom. The molecule has 0 heterocycles. The quantitative estimate of drug-likeness (QED) is 0.616. The van der Waals surface area contributed by atoms with Gasteiger partial charge >= 0.3 is 0 Å². The number of amides is 2. The van der Waals surface area contributed by atoms with Crippen molar-refractivity contribution in [3.05, 3.63) is 29.8 Å². The summed E-state index contributed by atoms with van der Waals surface area (Å²) in [6, 6.07) is 7.38. The van der Waals surface area contributed by atoms with E-state index in [2.05, 4.69) is 15.4 Å². The van der Waals surface area contributed by atoms with Crippen LogP contribution < -0.4 is 15.4 Å². The Balaban J connectivity index is 2.58. The Labute approximate surface area is 134 Å². The minimum absolute atomic E-state index is 0.0169. The van der Waals surface area contributed by atoms with Crippen molar-refractivity contribution in [1.29, 1.82) is 5.26 Å². The van der Waals surface area contributed by atoms with Gasteiger partial charge in [0.2, 0.25) is 21.8 Å². The van der Waals surface area contributed by atoms with Crippen molar-refractivity contribution in [3.8, 4) is 6.07 Å². The van der Waals surface area contributed by atoms with Gasteiger partial charge in [-0.2, -0.15) is 5.26 Å². The number of carbonyl (C=O) groups is 2. The van der Waals surface area contributed by atoms with Gasteiger partial charge in [0.1, 0.15) is 6.07 Å². The number of carbonyl (C=O) groups excluding carboxylic acids is 2. The molecular weight excluding hydrogens is 320 g/mol. The molecule has 0 atom stereocenters. The number of rotatable bonds is 7. The summed E-state index contributed by atoms with van der Waals surface area (Å²) in [5.41, 5.74) is -0.0169. The Kier molecular flexibility index (Phi) is 6.68. The molecule has 0 radical (unpaired) electrons. The number of nitrogens with zero attached hydrogens (tertiary/aromatic N) is 1. The summed E-state index contributed by atoms with van der Waals surface area (Å²) in [4.78, 5) is 22.7. The highest BCUT2D eigenvalue weighted by molar-refractivity contribution is 7.89. The molecule has 0 spiro atoms. The standard InChI is InChI=1S/C14H18N4O4S/c1-10(2)18-14(20)8-16-13(19)9-17-23(21,22)12-6-4-3-5-11(12)7-15/h3-6,10,17H,8-9H2,1-2H3,(H,16,19)(H,18,20). The lowest BCUT2D eigenvalue weighted by molar-refractivity contribution is -0.125. The van der Waals surface area contributed by atoms with E-state index in [9.17, 15) is 18.0 Å². The zero-order chi connectivity index (χ0) is 17.5. The molecule has 3 N–H and O–H groups in total. The second-order valence-corrected chi connectivity index (χ2v) is 6.67. The van der Waals surface area contributed by atoms with Crippen LogP contribution in [0.4, 0.5) is 0 Å². The molecule has 8 nitrogen and oxygen atoms in total. The smallest absolute Gasteiger partial charge is 0.242 e. The zero-order valence-electron chi connectivity index (χ0n) is 12.8. The van der Waals surface area contributed by atoms with E-state index in [4.69, 9.17) is 5.26 Å². The van der Waals surface area contributed by atoms with E-state index in [-0.39, 0.29) is 29.0 Å². The highest BCUT2D eigenvalue weighted by atomic mass is 32.2.